The Morgan fingerprint density at radius 3 is 0.930 bits per heavy atom. The van der Waals surface area contributed by atoms with Crippen molar-refractivity contribution in [1.29, 1.82) is 0 Å². The van der Waals surface area contributed by atoms with E-state index in [9.17, 15) is 0 Å². The standard InChI is InChI=1S/C82H52N2S2/c1-3-27-63-53(19-1)21-15-35-65(63)55-43-47-59(48-44-55)83(61-25-13-23-57(51-61)67-37-17-39-75-69-29-9-11-41-77(69)85-81(67)75)79-71-31-5-7-33-73(71)80(74-34-8-6-32-72(74)79)84(60-49-45-56(46-50-60)66-36-16-22-54-20-2-4-28-64(54)66)62-26-14-24-58(52-62)68-38-18-40-76-70-30-10-12-42-78(70)86-82(68)76/h1-52H. The van der Waals surface area contributed by atoms with Gasteiger partial charge in [0, 0.05) is 84.6 Å². The number of benzene rings is 15. The molecule has 0 saturated heterocycles. The molecule has 402 valence electrons. The molecule has 2 heterocycles. The molecule has 0 aliphatic carbocycles. The van der Waals surface area contributed by atoms with Crippen LogP contribution in [0.1, 0.15) is 0 Å². The third-order valence-corrected chi connectivity index (χ3v) is 19.9. The zero-order valence-electron chi connectivity index (χ0n) is 46.7. The normalized spacial score (nSPS) is 11.7. The lowest BCUT2D eigenvalue weighted by molar-refractivity contribution is 1.29. The second kappa shape index (κ2) is 20.6. The molecule has 15 aromatic carbocycles. The highest BCUT2D eigenvalue weighted by Gasteiger charge is 2.27. The van der Waals surface area contributed by atoms with Crippen molar-refractivity contribution in [2.75, 3.05) is 9.80 Å². The number of nitrogens with zero attached hydrogens (tertiary/aromatic N) is 2. The molecule has 0 amide bonds. The topological polar surface area (TPSA) is 6.48 Å². The molecular weight excluding hydrogens is 1080 g/mol. The SMILES string of the molecule is c1cc(-c2cccc3c2sc2ccccc23)cc(N(c2ccc(-c3cccc4ccccc34)cc2)c2c3ccccc3c(N(c3ccc(-c4cccc5ccccc45)cc3)c3cccc(-c4cccc5c4sc4ccccc45)c3)c3ccccc23)c1. The zero-order chi connectivity index (χ0) is 56.7. The fraction of sp³-hybridized carbons (Fsp3) is 0. The Balaban J connectivity index is 0.899. The molecule has 0 atom stereocenters. The van der Waals surface area contributed by atoms with Gasteiger partial charge in [-0.15, -0.1) is 22.7 Å². The molecule has 17 rings (SSSR count). The quantitative estimate of drug-likeness (QED) is 0.0995. The van der Waals surface area contributed by atoms with Crippen LogP contribution in [0.5, 0.6) is 0 Å². The van der Waals surface area contributed by atoms with E-state index in [1.54, 1.807) is 0 Å². The van der Waals surface area contributed by atoms with Crippen molar-refractivity contribution >= 4 is 140 Å². The van der Waals surface area contributed by atoms with Gasteiger partial charge in [-0.05, 0) is 127 Å². The summed E-state index contributed by atoms with van der Waals surface area (Å²) in [7, 11) is 0. The van der Waals surface area contributed by atoms with Crippen molar-refractivity contribution in [1.82, 2.24) is 0 Å². The second-order valence-corrected chi connectivity index (χ2v) is 24.4. The van der Waals surface area contributed by atoms with E-state index < -0.39 is 0 Å². The van der Waals surface area contributed by atoms with Gasteiger partial charge in [-0.2, -0.15) is 0 Å². The molecule has 0 aliphatic rings. The first-order chi connectivity index (χ1) is 42.7. The Labute approximate surface area is 506 Å². The van der Waals surface area contributed by atoms with Gasteiger partial charge >= 0.3 is 0 Å². The molecule has 0 unspecified atom stereocenters. The van der Waals surface area contributed by atoms with Gasteiger partial charge in [0.05, 0.1) is 11.4 Å². The summed E-state index contributed by atoms with van der Waals surface area (Å²) in [6.07, 6.45) is 0. The van der Waals surface area contributed by atoms with Crippen LogP contribution in [-0.2, 0) is 0 Å². The minimum Gasteiger partial charge on any atom is -0.309 e. The van der Waals surface area contributed by atoms with Crippen molar-refractivity contribution in [3.63, 3.8) is 0 Å². The number of fused-ring (bicyclic) bond motifs is 10. The van der Waals surface area contributed by atoms with E-state index in [0.29, 0.717) is 0 Å². The van der Waals surface area contributed by atoms with Crippen LogP contribution in [0, 0.1) is 0 Å². The van der Waals surface area contributed by atoms with Crippen LogP contribution in [-0.4, -0.2) is 0 Å². The van der Waals surface area contributed by atoms with E-state index in [4.69, 9.17) is 0 Å². The molecule has 0 spiro atoms. The summed E-state index contributed by atoms with van der Waals surface area (Å²) in [6, 6.07) is 117. The number of hydrogen-bond acceptors (Lipinski definition) is 4. The summed E-state index contributed by atoms with van der Waals surface area (Å²) in [5.74, 6) is 0. The first-order valence-electron chi connectivity index (χ1n) is 29.4. The number of rotatable bonds is 10. The van der Waals surface area contributed by atoms with Gasteiger partial charge in [0.1, 0.15) is 0 Å². The monoisotopic (exact) mass is 1130 g/mol. The Bertz CT molecular complexity index is 5090. The molecule has 0 saturated carbocycles. The van der Waals surface area contributed by atoms with E-state index >= 15 is 0 Å². The van der Waals surface area contributed by atoms with Gasteiger partial charge in [0.25, 0.3) is 0 Å². The summed E-state index contributed by atoms with van der Waals surface area (Å²) in [5, 5.41) is 14.7. The van der Waals surface area contributed by atoms with E-state index in [0.717, 1.165) is 55.7 Å². The van der Waals surface area contributed by atoms with Crippen LogP contribution in [0.3, 0.4) is 0 Å². The fourth-order valence-electron chi connectivity index (χ4n) is 13.5. The molecule has 0 aliphatic heterocycles. The van der Waals surface area contributed by atoms with E-state index in [2.05, 4.69) is 325 Å². The van der Waals surface area contributed by atoms with Gasteiger partial charge in [-0.1, -0.05) is 255 Å². The minimum atomic E-state index is 1.07. The number of anilines is 6. The summed E-state index contributed by atoms with van der Waals surface area (Å²) in [4.78, 5) is 5.04. The first kappa shape index (κ1) is 49.9. The largest absolute Gasteiger partial charge is 0.309 e. The molecule has 0 bridgehead atoms. The highest BCUT2D eigenvalue weighted by molar-refractivity contribution is 7.26. The van der Waals surface area contributed by atoms with Crippen LogP contribution in [0.4, 0.5) is 34.1 Å². The third-order valence-electron chi connectivity index (χ3n) is 17.4. The molecule has 2 nitrogen and oxygen atoms in total. The Kier molecular flexibility index (Phi) is 12.0. The molecule has 2 aromatic heterocycles. The average molecular weight is 1130 g/mol. The molecule has 0 radical (unpaired) electrons. The Hall–Kier alpha value is -10.6. The Morgan fingerprint density at radius 1 is 0.198 bits per heavy atom. The minimum absolute atomic E-state index is 1.07. The van der Waals surface area contributed by atoms with E-state index in [1.165, 1.54) is 106 Å². The molecule has 0 N–H and O–H groups in total. The summed E-state index contributed by atoms with van der Waals surface area (Å²) < 4.78 is 5.19. The number of thiophene rings is 2. The molecule has 0 fully saturated rings. The van der Waals surface area contributed by atoms with Crippen molar-refractivity contribution in [2.24, 2.45) is 0 Å². The summed E-state index contributed by atoms with van der Waals surface area (Å²) in [5.41, 5.74) is 16.1. The predicted molar refractivity (Wildman–Crippen MR) is 373 cm³/mol. The lowest BCUT2D eigenvalue weighted by Crippen LogP contribution is -2.14. The van der Waals surface area contributed by atoms with E-state index in [-0.39, 0.29) is 0 Å². The molecule has 86 heavy (non-hydrogen) atoms. The van der Waals surface area contributed by atoms with Crippen LogP contribution >= 0.6 is 22.7 Å². The maximum absolute atomic E-state index is 2.52. The third kappa shape index (κ3) is 8.29. The highest BCUT2D eigenvalue weighted by atomic mass is 32.1. The highest BCUT2D eigenvalue weighted by Crippen LogP contribution is 2.53. The molecule has 4 heteroatoms. The smallest absolute Gasteiger partial charge is 0.0619 e. The second-order valence-electron chi connectivity index (χ2n) is 22.3. The zero-order valence-corrected chi connectivity index (χ0v) is 48.4. The summed E-state index contributed by atoms with van der Waals surface area (Å²) in [6.45, 7) is 0. The van der Waals surface area contributed by atoms with Gasteiger partial charge in [-0.3, -0.25) is 0 Å². The molecule has 17 aromatic rings. The lowest BCUT2D eigenvalue weighted by Gasteiger charge is -2.33. The maximum atomic E-state index is 2.52. The fourth-order valence-corrected chi connectivity index (χ4v) is 16.0. The van der Waals surface area contributed by atoms with Gasteiger partial charge in [0.15, 0.2) is 0 Å². The van der Waals surface area contributed by atoms with Crippen molar-refractivity contribution in [2.45, 2.75) is 0 Å². The van der Waals surface area contributed by atoms with E-state index in [1.807, 2.05) is 22.7 Å². The van der Waals surface area contributed by atoms with Crippen LogP contribution in [0.15, 0.2) is 315 Å². The predicted octanol–water partition coefficient (Wildman–Crippen LogP) is 24.6. The first-order valence-corrected chi connectivity index (χ1v) is 31.0. The maximum Gasteiger partial charge on any atom is 0.0619 e. The van der Waals surface area contributed by atoms with Crippen LogP contribution in [0.2, 0.25) is 0 Å². The van der Waals surface area contributed by atoms with Crippen molar-refractivity contribution in [3.8, 4) is 44.5 Å². The van der Waals surface area contributed by atoms with Gasteiger partial charge < -0.3 is 9.80 Å². The lowest BCUT2D eigenvalue weighted by atomic mass is 9.94. The van der Waals surface area contributed by atoms with Gasteiger partial charge in [-0.25, -0.2) is 0 Å². The average Bonchev–Trinajstić information content (AvgIpc) is 1.49. The summed E-state index contributed by atoms with van der Waals surface area (Å²) >= 11 is 3.75. The van der Waals surface area contributed by atoms with Gasteiger partial charge in [0.2, 0.25) is 0 Å². The molecular formula is C82H52N2S2. The number of hydrogen-bond donors (Lipinski definition) is 0. The van der Waals surface area contributed by atoms with Crippen molar-refractivity contribution < 1.29 is 0 Å². The van der Waals surface area contributed by atoms with Crippen LogP contribution < -0.4 is 9.80 Å². The van der Waals surface area contributed by atoms with Crippen molar-refractivity contribution in [3.05, 3.63) is 315 Å². The van der Waals surface area contributed by atoms with Crippen LogP contribution in [0.25, 0.3) is 128 Å². The Morgan fingerprint density at radius 2 is 0.512 bits per heavy atom.